The number of carbonyl (C=O) groups is 1. The molecule has 0 amide bonds. The molecule has 0 aliphatic heterocycles. The Balaban J connectivity index is 1.77. The third kappa shape index (κ3) is 3.47. The van der Waals surface area contributed by atoms with E-state index in [2.05, 4.69) is 39.1 Å². The van der Waals surface area contributed by atoms with Crippen LogP contribution in [-0.2, 0) is 0 Å². The lowest BCUT2D eigenvalue weighted by atomic mass is 9.49. The average molecular weight is 397 g/mol. The first-order valence-electron chi connectivity index (χ1n) is 9.31. The molecular weight excluding hydrogens is 372 g/mol. The standard InChI is InChI=1S/C23H25ClN2O2/c1-14(27)15-6-9-17(10-7-15)26-20-22(2,3)21(23(20,4)5)28-18-11-8-16(13-25)19(24)12-18/h6-12,20-21,26H,1-5H3/t20-,21-. The fraction of sp³-hybridized carbons (Fsp3) is 0.391. The number of benzene rings is 2. The maximum absolute atomic E-state index is 11.5. The predicted octanol–water partition coefficient (Wildman–Crippen LogP) is 5.71. The van der Waals surface area contributed by atoms with E-state index in [4.69, 9.17) is 21.6 Å². The summed E-state index contributed by atoms with van der Waals surface area (Å²) >= 11 is 6.15. The lowest BCUT2D eigenvalue weighted by molar-refractivity contribution is -0.147. The number of rotatable bonds is 5. The van der Waals surface area contributed by atoms with E-state index >= 15 is 0 Å². The van der Waals surface area contributed by atoms with E-state index < -0.39 is 0 Å². The Hall–Kier alpha value is -2.51. The van der Waals surface area contributed by atoms with E-state index in [1.807, 2.05) is 24.3 Å². The second kappa shape index (κ2) is 7.14. The third-order valence-corrected chi connectivity index (χ3v) is 6.07. The molecule has 3 rings (SSSR count). The quantitative estimate of drug-likeness (QED) is 0.657. The van der Waals surface area contributed by atoms with Crippen LogP contribution in [0.5, 0.6) is 5.75 Å². The van der Waals surface area contributed by atoms with Crippen LogP contribution in [0.1, 0.15) is 50.5 Å². The molecule has 0 heterocycles. The summed E-state index contributed by atoms with van der Waals surface area (Å²) in [5.41, 5.74) is 1.86. The highest BCUT2D eigenvalue weighted by Crippen LogP contribution is 2.56. The number of ketones is 1. The molecule has 5 heteroatoms. The van der Waals surface area contributed by atoms with Crippen LogP contribution in [0.2, 0.25) is 5.02 Å². The minimum Gasteiger partial charge on any atom is -0.489 e. The number of anilines is 1. The van der Waals surface area contributed by atoms with Gasteiger partial charge in [0.1, 0.15) is 17.9 Å². The number of hydrogen-bond donors (Lipinski definition) is 1. The van der Waals surface area contributed by atoms with Gasteiger partial charge in [0.15, 0.2) is 5.78 Å². The maximum Gasteiger partial charge on any atom is 0.159 e. The van der Waals surface area contributed by atoms with Crippen LogP contribution in [0.25, 0.3) is 0 Å². The monoisotopic (exact) mass is 396 g/mol. The lowest BCUT2D eigenvalue weighted by Gasteiger charge is -2.63. The Bertz CT molecular complexity index is 926. The maximum atomic E-state index is 11.5. The highest BCUT2D eigenvalue weighted by molar-refractivity contribution is 6.31. The average Bonchev–Trinajstić information content (AvgIpc) is 2.64. The van der Waals surface area contributed by atoms with Crippen molar-refractivity contribution in [2.75, 3.05) is 5.32 Å². The van der Waals surface area contributed by atoms with Crippen molar-refractivity contribution in [2.24, 2.45) is 10.8 Å². The largest absolute Gasteiger partial charge is 0.489 e. The number of nitrogens with one attached hydrogen (secondary N) is 1. The number of hydrogen-bond acceptors (Lipinski definition) is 4. The van der Waals surface area contributed by atoms with Gasteiger partial charge in [-0.1, -0.05) is 39.3 Å². The smallest absolute Gasteiger partial charge is 0.159 e. The van der Waals surface area contributed by atoms with Gasteiger partial charge in [0.2, 0.25) is 0 Å². The van der Waals surface area contributed by atoms with Gasteiger partial charge < -0.3 is 10.1 Å². The number of Topliss-reactive ketones (excluding diaryl/α,β-unsaturated/α-hetero) is 1. The zero-order chi connectivity index (χ0) is 20.7. The number of nitriles is 1. The van der Waals surface area contributed by atoms with Crippen molar-refractivity contribution in [1.82, 2.24) is 0 Å². The van der Waals surface area contributed by atoms with Crippen molar-refractivity contribution in [2.45, 2.75) is 46.8 Å². The summed E-state index contributed by atoms with van der Waals surface area (Å²) < 4.78 is 6.30. The molecule has 1 N–H and O–H groups in total. The minimum absolute atomic E-state index is 0.0296. The number of nitrogens with zero attached hydrogens (tertiary/aromatic N) is 1. The van der Waals surface area contributed by atoms with Crippen LogP contribution in [-0.4, -0.2) is 17.9 Å². The molecular formula is C23H25ClN2O2. The van der Waals surface area contributed by atoms with E-state index in [0.717, 1.165) is 5.69 Å². The number of ether oxygens (including phenoxy) is 1. The summed E-state index contributed by atoms with van der Waals surface area (Å²) in [6.45, 7) is 10.3. The predicted molar refractivity (Wildman–Crippen MR) is 112 cm³/mol. The van der Waals surface area contributed by atoms with Crippen molar-refractivity contribution < 1.29 is 9.53 Å². The van der Waals surface area contributed by atoms with Crippen LogP contribution in [0.4, 0.5) is 5.69 Å². The van der Waals surface area contributed by atoms with Crippen molar-refractivity contribution in [3.63, 3.8) is 0 Å². The fourth-order valence-electron chi connectivity index (χ4n) is 4.56. The molecule has 0 aromatic heterocycles. The van der Waals surface area contributed by atoms with Crippen LogP contribution < -0.4 is 10.1 Å². The summed E-state index contributed by atoms with van der Waals surface area (Å²) in [4.78, 5) is 11.5. The summed E-state index contributed by atoms with van der Waals surface area (Å²) in [7, 11) is 0. The highest BCUT2D eigenvalue weighted by atomic mass is 35.5. The normalized spacial score (nSPS) is 21.9. The summed E-state index contributed by atoms with van der Waals surface area (Å²) in [6.07, 6.45) is -0.0296. The van der Waals surface area contributed by atoms with E-state index in [9.17, 15) is 4.79 Å². The Morgan fingerprint density at radius 1 is 1.11 bits per heavy atom. The Labute approximate surface area is 171 Å². The van der Waals surface area contributed by atoms with Gasteiger partial charge in [-0.15, -0.1) is 0 Å². The summed E-state index contributed by atoms with van der Waals surface area (Å²) in [5, 5.41) is 13.0. The SMILES string of the molecule is CC(=O)c1ccc(N[C@H]2C(C)(C)[C@H](Oc3ccc(C#N)c(Cl)c3)C2(C)C)cc1. The Kier molecular flexibility index (Phi) is 5.16. The van der Waals surface area contributed by atoms with Crippen LogP contribution in [0.15, 0.2) is 42.5 Å². The van der Waals surface area contributed by atoms with Crippen molar-refractivity contribution >= 4 is 23.1 Å². The topological polar surface area (TPSA) is 62.1 Å². The zero-order valence-corrected chi connectivity index (χ0v) is 17.6. The van der Waals surface area contributed by atoms with Crippen LogP contribution in [0.3, 0.4) is 0 Å². The first kappa shape index (κ1) is 20.2. The third-order valence-electron chi connectivity index (χ3n) is 5.76. The molecule has 1 aliphatic rings. The molecule has 0 spiro atoms. The van der Waals surface area contributed by atoms with E-state index in [1.54, 1.807) is 25.1 Å². The number of carbonyl (C=O) groups excluding carboxylic acids is 1. The first-order chi connectivity index (χ1) is 13.1. The molecule has 1 aliphatic carbocycles. The second-order valence-corrected chi connectivity index (χ2v) is 9.01. The number of halogens is 1. The molecule has 2 aromatic carbocycles. The van der Waals surface area contributed by atoms with Gasteiger partial charge in [0.05, 0.1) is 10.6 Å². The van der Waals surface area contributed by atoms with Gasteiger partial charge in [0, 0.05) is 34.2 Å². The van der Waals surface area contributed by atoms with E-state index in [-0.39, 0.29) is 28.8 Å². The zero-order valence-electron chi connectivity index (χ0n) is 16.8. The molecule has 146 valence electrons. The molecule has 28 heavy (non-hydrogen) atoms. The lowest BCUT2D eigenvalue weighted by Crippen LogP contribution is -2.72. The minimum atomic E-state index is -0.136. The van der Waals surface area contributed by atoms with E-state index in [1.165, 1.54) is 0 Å². The molecule has 1 saturated carbocycles. The second-order valence-electron chi connectivity index (χ2n) is 8.60. The highest BCUT2D eigenvalue weighted by Gasteiger charge is 2.63. The molecule has 0 atom stereocenters. The molecule has 0 radical (unpaired) electrons. The van der Waals surface area contributed by atoms with Crippen LogP contribution >= 0.6 is 11.6 Å². The van der Waals surface area contributed by atoms with Crippen LogP contribution in [0, 0.1) is 22.2 Å². The fourth-order valence-corrected chi connectivity index (χ4v) is 4.78. The van der Waals surface area contributed by atoms with Gasteiger partial charge in [-0.05, 0) is 43.3 Å². The van der Waals surface area contributed by atoms with Crippen molar-refractivity contribution in [3.05, 3.63) is 58.6 Å². The molecule has 4 nitrogen and oxygen atoms in total. The van der Waals surface area contributed by atoms with Gasteiger partial charge in [0.25, 0.3) is 0 Å². The molecule has 0 unspecified atom stereocenters. The van der Waals surface area contributed by atoms with Gasteiger partial charge in [-0.3, -0.25) is 4.79 Å². The summed E-state index contributed by atoms with van der Waals surface area (Å²) in [5.74, 6) is 0.727. The first-order valence-corrected chi connectivity index (χ1v) is 9.69. The molecule has 0 bridgehead atoms. The molecule has 1 fully saturated rings. The Morgan fingerprint density at radius 2 is 1.71 bits per heavy atom. The van der Waals surface area contributed by atoms with Gasteiger partial charge >= 0.3 is 0 Å². The van der Waals surface area contributed by atoms with Gasteiger partial charge in [-0.2, -0.15) is 5.26 Å². The van der Waals surface area contributed by atoms with Crippen molar-refractivity contribution in [3.8, 4) is 11.8 Å². The van der Waals surface area contributed by atoms with Gasteiger partial charge in [-0.25, -0.2) is 0 Å². The molecule has 0 saturated heterocycles. The van der Waals surface area contributed by atoms with Crippen molar-refractivity contribution in [1.29, 1.82) is 5.26 Å². The Morgan fingerprint density at radius 3 is 2.21 bits per heavy atom. The van der Waals surface area contributed by atoms with E-state index in [0.29, 0.717) is 21.9 Å². The molecule has 2 aromatic rings. The summed E-state index contributed by atoms with van der Waals surface area (Å²) in [6, 6.07) is 15.0.